The van der Waals surface area contributed by atoms with Crippen molar-refractivity contribution in [1.82, 2.24) is 0 Å². The number of hydrogen-bond acceptors (Lipinski definition) is 5. The lowest BCUT2D eigenvalue weighted by Gasteiger charge is -2.21. The molecule has 8 heteroatoms. The highest BCUT2D eigenvalue weighted by Gasteiger charge is 2.36. The fraction of sp³-hybridized carbons (Fsp3) is 0.571. The maximum absolute atomic E-state index is 12.5. The van der Waals surface area contributed by atoms with E-state index in [4.69, 9.17) is 5.14 Å². The highest BCUT2D eigenvalue weighted by Crippen LogP contribution is 2.36. The average Bonchev–Trinajstić information content (AvgIpc) is 2.91. The smallest absolute Gasteiger partial charge is 0.227 e. The van der Waals surface area contributed by atoms with Crippen LogP contribution in [-0.4, -0.2) is 32.4 Å². The lowest BCUT2D eigenvalue weighted by Crippen LogP contribution is -2.29. The number of thiophene rings is 1. The SMILES string of the molecule is CC(C)(C)C(=O)c1ccsc1N1CC(CS(N)(=O)=O)CC1=O. The van der Waals surface area contributed by atoms with Gasteiger partial charge in [-0.1, -0.05) is 20.8 Å². The number of primary sulfonamides is 1. The van der Waals surface area contributed by atoms with E-state index in [0.29, 0.717) is 10.6 Å². The molecule has 1 saturated heterocycles. The third-order valence-corrected chi connectivity index (χ3v) is 5.36. The second-order valence-electron chi connectivity index (χ2n) is 6.62. The molecule has 0 aliphatic carbocycles. The Kier molecular flexibility index (Phi) is 4.47. The van der Waals surface area contributed by atoms with E-state index in [1.807, 2.05) is 20.8 Å². The quantitative estimate of drug-likeness (QED) is 0.839. The zero-order valence-electron chi connectivity index (χ0n) is 12.8. The van der Waals surface area contributed by atoms with Crippen LogP contribution < -0.4 is 10.0 Å². The average molecular weight is 344 g/mol. The fourth-order valence-corrected chi connectivity index (χ4v) is 4.31. The van der Waals surface area contributed by atoms with Crippen LogP contribution in [0.25, 0.3) is 0 Å². The van der Waals surface area contributed by atoms with E-state index >= 15 is 0 Å². The zero-order valence-corrected chi connectivity index (χ0v) is 14.5. The van der Waals surface area contributed by atoms with Gasteiger partial charge in [0, 0.05) is 24.3 Å². The van der Waals surface area contributed by atoms with Crippen molar-refractivity contribution in [3.8, 4) is 0 Å². The number of carbonyl (C=O) groups excluding carboxylic acids is 2. The van der Waals surface area contributed by atoms with E-state index in [1.165, 1.54) is 16.2 Å². The molecule has 0 aromatic carbocycles. The van der Waals surface area contributed by atoms with Crippen LogP contribution in [0.2, 0.25) is 0 Å². The summed E-state index contributed by atoms with van der Waals surface area (Å²) in [6, 6.07) is 1.72. The molecule has 1 aromatic rings. The van der Waals surface area contributed by atoms with Gasteiger partial charge in [0.05, 0.1) is 11.3 Å². The van der Waals surface area contributed by atoms with Gasteiger partial charge in [0.1, 0.15) is 5.00 Å². The molecule has 0 radical (unpaired) electrons. The molecule has 1 amide bonds. The molecule has 0 bridgehead atoms. The largest absolute Gasteiger partial charge is 0.303 e. The topological polar surface area (TPSA) is 97.5 Å². The summed E-state index contributed by atoms with van der Waals surface area (Å²) in [7, 11) is -3.62. The Hall–Kier alpha value is -1.25. The first-order valence-electron chi connectivity index (χ1n) is 6.92. The number of sulfonamides is 1. The highest BCUT2D eigenvalue weighted by atomic mass is 32.2. The van der Waals surface area contributed by atoms with Crippen molar-refractivity contribution in [3.05, 3.63) is 17.0 Å². The maximum atomic E-state index is 12.5. The number of anilines is 1. The normalized spacial score (nSPS) is 19.7. The van der Waals surface area contributed by atoms with Crippen molar-refractivity contribution in [2.75, 3.05) is 17.2 Å². The van der Waals surface area contributed by atoms with Crippen LogP contribution in [0.15, 0.2) is 11.4 Å². The van der Waals surface area contributed by atoms with Gasteiger partial charge in [-0.15, -0.1) is 11.3 Å². The van der Waals surface area contributed by atoms with E-state index in [9.17, 15) is 18.0 Å². The van der Waals surface area contributed by atoms with Crippen molar-refractivity contribution in [1.29, 1.82) is 0 Å². The van der Waals surface area contributed by atoms with Gasteiger partial charge in [-0.3, -0.25) is 9.59 Å². The predicted octanol–water partition coefficient (Wildman–Crippen LogP) is 1.62. The molecule has 2 heterocycles. The molecule has 2 rings (SSSR count). The fourth-order valence-electron chi connectivity index (χ4n) is 2.51. The molecule has 1 aliphatic rings. The first-order valence-corrected chi connectivity index (χ1v) is 9.51. The molecule has 1 atom stereocenters. The number of Topliss-reactive ketones (excluding diaryl/α,β-unsaturated/α-hetero) is 1. The minimum atomic E-state index is -3.62. The Balaban J connectivity index is 2.25. The minimum absolute atomic E-state index is 0.0357. The summed E-state index contributed by atoms with van der Waals surface area (Å²) in [4.78, 5) is 26.2. The van der Waals surface area contributed by atoms with Crippen LogP contribution in [0.3, 0.4) is 0 Å². The zero-order chi connectivity index (χ0) is 16.7. The second kappa shape index (κ2) is 5.75. The Bertz CT molecular complexity index is 701. The van der Waals surface area contributed by atoms with Crippen molar-refractivity contribution < 1.29 is 18.0 Å². The first-order chi connectivity index (χ1) is 9.99. The van der Waals surface area contributed by atoms with E-state index in [-0.39, 0.29) is 36.3 Å². The van der Waals surface area contributed by atoms with Crippen molar-refractivity contribution >= 4 is 38.1 Å². The Morgan fingerprint density at radius 1 is 1.45 bits per heavy atom. The number of rotatable bonds is 4. The molecule has 0 saturated carbocycles. The van der Waals surface area contributed by atoms with Gasteiger partial charge in [-0.25, -0.2) is 13.6 Å². The molecule has 6 nitrogen and oxygen atoms in total. The number of ketones is 1. The summed E-state index contributed by atoms with van der Waals surface area (Å²) in [5.41, 5.74) is -0.0272. The van der Waals surface area contributed by atoms with Crippen LogP contribution in [0.1, 0.15) is 37.6 Å². The third kappa shape index (κ3) is 3.74. The monoisotopic (exact) mass is 344 g/mol. The molecular weight excluding hydrogens is 324 g/mol. The van der Waals surface area contributed by atoms with E-state index in [2.05, 4.69) is 0 Å². The summed E-state index contributed by atoms with van der Waals surface area (Å²) in [6.45, 7) is 5.76. The van der Waals surface area contributed by atoms with Crippen LogP contribution in [0.5, 0.6) is 0 Å². The molecular formula is C14H20N2O4S2. The standard InChI is InChI=1S/C14H20N2O4S2/c1-14(2,3)12(18)10-4-5-21-13(10)16-7-9(6-11(16)17)8-22(15,19)20/h4-5,9H,6-8H2,1-3H3,(H2,15,19,20). The summed E-state index contributed by atoms with van der Waals surface area (Å²) in [5.74, 6) is -0.754. The van der Waals surface area contributed by atoms with Gasteiger partial charge in [0.25, 0.3) is 0 Å². The van der Waals surface area contributed by atoms with Gasteiger partial charge in [0.2, 0.25) is 15.9 Å². The van der Waals surface area contributed by atoms with Crippen molar-refractivity contribution in [2.24, 2.45) is 16.5 Å². The molecule has 1 aromatic heterocycles. The Morgan fingerprint density at radius 2 is 2.09 bits per heavy atom. The second-order valence-corrected chi connectivity index (χ2v) is 9.18. The lowest BCUT2D eigenvalue weighted by molar-refractivity contribution is -0.117. The molecule has 1 fully saturated rings. The van der Waals surface area contributed by atoms with Gasteiger partial charge >= 0.3 is 0 Å². The van der Waals surface area contributed by atoms with Gasteiger partial charge in [-0.05, 0) is 11.4 Å². The van der Waals surface area contributed by atoms with Crippen molar-refractivity contribution in [2.45, 2.75) is 27.2 Å². The van der Waals surface area contributed by atoms with Crippen LogP contribution >= 0.6 is 11.3 Å². The number of nitrogens with two attached hydrogens (primary N) is 1. The first kappa shape index (κ1) is 17.1. The highest BCUT2D eigenvalue weighted by molar-refractivity contribution is 7.89. The summed E-state index contributed by atoms with van der Waals surface area (Å²) < 4.78 is 22.4. The van der Waals surface area contributed by atoms with Crippen LogP contribution in [0.4, 0.5) is 5.00 Å². The predicted molar refractivity (Wildman–Crippen MR) is 86.5 cm³/mol. The third-order valence-electron chi connectivity index (χ3n) is 3.49. The number of nitrogens with zero attached hydrogens (tertiary/aromatic N) is 1. The van der Waals surface area contributed by atoms with Crippen LogP contribution in [0, 0.1) is 11.3 Å². The molecule has 0 spiro atoms. The Morgan fingerprint density at radius 3 is 2.64 bits per heavy atom. The molecule has 1 aliphatic heterocycles. The van der Waals surface area contributed by atoms with E-state index < -0.39 is 15.4 Å². The molecule has 122 valence electrons. The number of carbonyl (C=O) groups is 2. The summed E-state index contributed by atoms with van der Waals surface area (Å²) >= 11 is 1.32. The summed E-state index contributed by atoms with van der Waals surface area (Å²) in [5, 5.41) is 7.42. The summed E-state index contributed by atoms with van der Waals surface area (Å²) in [6.07, 6.45) is 0.136. The molecule has 1 unspecified atom stereocenters. The van der Waals surface area contributed by atoms with Crippen molar-refractivity contribution in [3.63, 3.8) is 0 Å². The maximum Gasteiger partial charge on any atom is 0.227 e. The van der Waals surface area contributed by atoms with Gasteiger partial charge < -0.3 is 4.90 Å². The van der Waals surface area contributed by atoms with E-state index in [0.717, 1.165) is 0 Å². The minimum Gasteiger partial charge on any atom is -0.303 e. The lowest BCUT2D eigenvalue weighted by atomic mass is 9.87. The number of hydrogen-bond donors (Lipinski definition) is 1. The van der Waals surface area contributed by atoms with Crippen LogP contribution in [-0.2, 0) is 14.8 Å². The van der Waals surface area contributed by atoms with Gasteiger partial charge in [-0.2, -0.15) is 0 Å². The molecule has 22 heavy (non-hydrogen) atoms. The number of amides is 1. The van der Waals surface area contributed by atoms with E-state index in [1.54, 1.807) is 11.4 Å². The van der Waals surface area contributed by atoms with Gasteiger partial charge in [0.15, 0.2) is 5.78 Å². The molecule has 2 N–H and O–H groups in total. The Labute approximate surface area is 134 Å².